The molecule has 0 saturated carbocycles. The Labute approximate surface area is 173 Å². The Balaban J connectivity index is 1.99. The maximum Gasteiger partial charge on any atom is 0.349 e. The monoisotopic (exact) mass is 412 g/mol. The largest absolute Gasteiger partial charge is 0.457 e. The third kappa shape index (κ3) is 4.45. The van der Waals surface area contributed by atoms with Crippen LogP contribution in [0.3, 0.4) is 0 Å². The van der Waals surface area contributed by atoms with Gasteiger partial charge in [-0.15, -0.1) is 11.3 Å². The third-order valence-electron chi connectivity index (χ3n) is 4.68. The molecule has 0 aliphatic carbocycles. The van der Waals surface area contributed by atoms with E-state index >= 15 is 0 Å². The van der Waals surface area contributed by atoms with Gasteiger partial charge in [0, 0.05) is 18.9 Å². The summed E-state index contributed by atoms with van der Waals surface area (Å²) in [4.78, 5) is 42.8. The van der Waals surface area contributed by atoms with E-state index in [1.807, 2.05) is 44.2 Å². The van der Waals surface area contributed by atoms with E-state index in [1.54, 1.807) is 11.5 Å². The molecule has 0 bridgehead atoms. The summed E-state index contributed by atoms with van der Waals surface area (Å²) in [6.07, 6.45) is 0.266. The van der Waals surface area contributed by atoms with Crippen molar-refractivity contribution in [3.05, 3.63) is 62.5 Å². The van der Waals surface area contributed by atoms with Crippen LogP contribution < -0.4 is 5.56 Å². The van der Waals surface area contributed by atoms with Crippen molar-refractivity contribution in [2.75, 3.05) is 0 Å². The Morgan fingerprint density at radius 3 is 2.52 bits per heavy atom. The van der Waals surface area contributed by atoms with Crippen molar-refractivity contribution in [1.82, 2.24) is 9.55 Å². The molecule has 1 aromatic carbocycles. The summed E-state index contributed by atoms with van der Waals surface area (Å²) in [5.74, 6) is 0.179. The lowest BCUT2D eigenvalue weighted by molar-refractivity contribution is -0.117. The SMILES string of the molecule is CC(=O)CCn1c(C(C)C)nc2sc(C(=O)OCc3ccccc3)c(C)c2c1=O. The minimum atomic E-state index is -0.463. The highest BCUT2D eigenvalue weighted by atomic mass is 32.1. The van der Waals surface area contributed by atoms with Crippen LogP contribution in [-0.2, 0) is 22.7 Å². The van der Waals surface area contributed by atoms with Crippen LogP contribution in [-0.4, -0.2) is 21.3 Å². The number of thiophene rings is 1. The molecule has 29 heavy (non-hydrogen) atoms. The topological polar surface area (TPSA) is 78.3 Å². The van der Waals surface area contributed by atoms with Crippen LogP contribution in [0.2, 0.25) is 0 Å². The summed E-state index contributed by atoms with van der Waals surface area (Å²) in [5, 5.41) is 0.426. The number of aromatic nitrogens is 2. The third-order valence-corrected chi connectivity index (χ3v) is 5.85. The zero-order valence-electron chi connectivity index (χ0n) is 17.0. The van der Waals surface area contributed by atoms with Crippen LogP contribution in [0.1, 0.15) is 59.7 Å². The van der Waals surface area contributed by atoms with Crippen molar-refractivity contribution in [2.24, 2.45) is 0 Å². The van der Waals surface area contributed by atoms with Gasteiger partial charge in [-0.3, -0.25) is 14.2 Å². The molecule has 0 saturated heterocycles. The number of carbonyl (C=O) groups excluding carboxylic acids is 2. The molecule has 2 aromatic heterocycles. The predicted octanol–water partition coefficient (Wildman–Crippen LogP) is 4.23. The van der Waals surface area contributed by atoms with E-state index in [1.165, 1.54) is 18.3 Å². The van der Waals surface area contributed by atoms with E-state index in [4.69, 9.17) is 4.74 Å². The summed E-state index contributed by atoms with van der Waals surface area (Å²) >= 11 is 1.18. The molecule has 0 fully saturated rings. The first-order valence-corrected chi connectivity index (χ1v) is 10.4. The van der Waals surface area contributed by atoms with Gasteiger partial charge in [-0.2, -0.15) is 0 Å². The lowest BCUT2D eigenvalue weighted by atomic mass is 10.1. The van der Waals surface area contributed by atoms with Crippen molar-refractivity contribution in [2.45, 2.75) is 53.2 Å². The van der Waals surface area contributed by atoms with Gasteiger partial charge in [0.25, 0.3) is 5.56 Å². The summed E-state index contributed by atoms with van der Waals surface area (Å²) in [6, 6.07) is 9.43. The fraction of sp³-hybridized carbons (Fsp3) is 0.364. The Bertz CT molecular complexity index is 1110. The van der Waals surface area contributed by atoms with Crippen LogP contribution in [0.15, 0.2) is 35.1 Å². The van der Waals surface area contributed by atoms with Gasteiger partial charge in [-0.25, -0.2) is 9.78 Å². The van der Waals surface area contributed by atoms with Crippen LogP contribution in [0, 0.1) is 6.92 Å². The number of nitrogens with zero attached hydrogens (tertiary/aromatic N) is 2. The Morgan fingerprint density at radius 2 is 1.90 bits per heavy atom. The van der Waals surface area contributed by atoms with E-state index in [2.05, 4.69) is 4.98 Å². The second kappa shape index (κ2) is 8.69. The van der Waals surface area contributed by atoms with Gasteiger partial charge in [-0.1, -0.05) is 44.2 Å². The molecular weight excluding hydrogens is 388 g/mol. The number of rotatable bonds is 7. The van der Waals surface area contributed by atoms with E-state index in [0.29, 0.717) is 26.5 Å². The van der Waals surface area contributed by atoms with Crippen molar-refractivity contribution in [3.63, 3.8) is 0 Å². The number of fused-ring (bicyclic) bond motifs is 1. The maximum atomic E-state index is 13.2. The Hall–Kier alpha value is -2.80. The number of ketones is 1. The summed E-state index contributed by atoms with van der Waals surface area (Å²) in [6.45, 7) is 7.60. The van der Waals surface area contributed by atoms with E-state index in [0.717, 1.165) is 5.56 Å². The van der Waals surface area contributed by atoms with Gasteiger partial charge in [-0.05, 0) is 25.0 Å². The fourth-order valence-corrected chi connectivity index (χ4v) is 4.21. The number of esters is 1. The molecule has 0 spiro atoms. The second-order valence-electron chi connectivity index (χ2n) is 7.33. The summed E-state index contributed by atoms with van der Waals surface area (Å²) in [7, 11) is 0. The van der Waals surface area contributed by atoms with Gasteiger partial charge >= 0.3 is 5.97 Å². The second-order valence-corrected chi connectivity index (χ2v) is 8.33. The molecule has 0 aliphatic heterocycles. The predicted molar refractivity (Wildman–Crippen MR) is 114 cm³/mol. The molecule has 0 radical (unpaired) electrons. The Morgan fingerprint density at radius 1 is 1.21 bits per heavy atom. The van der Waals surface area contributed by atoms with Crippen molar-refractivity contribution >= 4 is 33.3 Å². The first-order chi connectivity index (χ1) is 13.8. The highest BCUT2D eigenvalue weighted by molar-refractivity contribution is 7.20. The summed E-state index contributed by atoms with van der Waals surface area (Å²) in [5.41, 5.74) is 1.26. The fourth-order valence-electron chi connectivity index (χ4n) is 3.14. The molecule has 7 heteroatoms. The molecule has 0 N–H and O–H groups in total. The molecule has 3 aromatic rings. The number of ether oxygens (including phenoxy) is 1. The average molecular weight is 413 g/mol. The molecular formula is C22H24N2O4S. The molecule has 6 nitrogen and oxygen atoms in total. The zero-order chi connectivity index (χ0) is 21.1. The van der Waals surface area contributed by atoms with E-state index < -0.39 is 5.97 Å². The molecule has 0 unspecified atom stereocenters. The highest BCUT2D eigenvalue weighted by Gasteiger charge is 2.23. The van der Waals surface area contributed by atoms with Gasteiger partial charge in [0.1, 0.15) is 27.9 Å². The first kappa shape index (κ1) is 20.9. The zero-order valence-corrected chi connectivity index (χ0v) is 17.8. The minimum Gasteiger partial charge on any atom is -0.457 e. The standard InChI is InChI=1S/C22H24N2O4S/c1-13(2)19-23-20-17(21(26)24(19)11-10-14(3)25)15(4)18(29-20)22(27)28-12-16-8-6-5-7-9-16/h5-9,13H,10-12H2,1-4H3. The van der Waals surface area contributed by atoms with Crippen LogP contribution >= 0.6 is 11.3 Å². The van der Waals surface area contributed by atoms with Gasteiger partial charge in [0.2, 0.25) is 0 Å². The minimum absolute atomic E-state index is 0.00921. The number of hydrogen-bond acceptors (Lipinski definition) is 6. The maximum absolute atomic E-state index is 13.2. The Kier molecular flexibility index (Phi) is 6.27. The molecule has 2 heterocycles. The van der Waals surface area contributed by atoms with Gasteiger partial charge in [0.05, 0.1) is 5.39 Å². The molecule has 0 atom stereocenters. The lowest BCUT2D eigenvalue weighted by Crippen LogP contribution is -2.27. The lowest BCUT2D eigenvalue weighted by Gasteiger charge is -2.14. The number of Topliss-reactive ketones (excluding diaryl/α,β-unsaturated/α-hetero) is 1. The number of benzene rings is 1. The molecule has 152 valence electrons. The average Bonchev–Trinajstić information content (AvgIpc) is 3.02. The first-order valence-electron chi connectivity index (χ1n) is 9.54. The smallest absolute Gasteiger partial charge is 0.349 e. The normalized spacial score (nSPS) is 11.2. The quantitative estimate of drug-likeness (QED) is 0.543. The van der Waals surface area contributed by atoms with Crippen molar-refractivity contribution in [3.8, 4) is 0 Å². The van der Waals surface area contributed by atoms with E-state index in [-0.39, 0.29) is 36.8 Å². The van der Waals surface area contributed by atoms with Crippen LogP contribution in [0.25, 0.3) is 10.2 Å². The van der Waals surface area contributed by atoms with Crippen LogP contribution in [0.5, 0.6) is 0 Å². The van der Waals surface area contributed by atoms with Crippen molar-refractivity contribution in [1.29, 1.82) is 0 Å². The van der Waals surface area contributed by atoms with E-state index in [9.17, 15) is 14.4 Å². The molecule has 0 amide bonds. The number of aryl methyl sites for hydroxylation is 1. The van der Waals surface area contributed by atoms with Crippen molar-refractivity contribution < 1.29 is 14.3 Å². The van der Waals surface area contributed by atoms with Gasteiger partial charge in [0.15, 0.2) is 0 Å². The number of carbonyl (C=O) groups is 2. The van der Waals surface area contributed by atoms with Gasteiger partial charge < -0.3 is 4.74 Å². The molecule has 3 rings (SSSR count). The highest BCUT2D eigenvalue weighted by Crippen LogP contribution is 2.29. The summed E-state index contributed by atoms with van der Waals surface area (Å²) < 4.78 is 7.00. The number of hydrogen-bond donors (Lipinski definition) is 0. The molecule has 0 aliphatic rings. The van der Waals surface area contributed by atoms with Crippen LogP contribution in [0.4, 0.5) is 0 Å².